The van der Waals surface area contributed by atoms with Crippen molar-refractivity contribution in [2.24, 2.45) is 5.41 Å². The van der Waals surface area contributed by atoms with E-state index in [1.54, 1.807) is 12.1 Å². The van der Waals surface area contributed by atoms with Crippen molar-refractivity contribution >= 4 is 0 Å². The van der Waals surface area contributed by atoms with Crippen LogP contribution in [0.15, 0.2) is 24.3 Å². The van der Waals surface area contributed by atoms with Crippen molar-refractivity contribution in [2.45, 2.75) is 52.3 Å². The molecule has 1 aliphatic rings. The fraction of sp³-hybridized carbons (Fsp3) is 0.625. The lowest BCUT2D eigenvalue weighted by molar-refractivity contribution is -0.114. The fourth-order valence-corrected chi connectivity index (χ4v) is 2.74. The summed E-state index contributed by atoms with van der Waals surface area (Å²) >= 11 is 0. The summed E-state index contributed by atoms with van der Waals surface area (Å²) in [5, 5.41) is 3.50. The molecule has 2 unspecified atom stereocenters. The van der Waals surface area contributed by atoms with Gasteiger partial charge in [-0.25, -0.2) is 8.78 Å². The fourth-order valence-electron chi connectivity index (χ4n) is 2.74. The summed E-state index contributed by atoms with van der Waals surface area (Å²) in [5.41, 5.74) is 1.23. The van der Waals surface area contributed by atoms with Crippen molar-refractivity contribution in [1.29, 1.82) is 0 Å². The molecule has 0 saturated heterocycles. The van der Waals surface area contributed by atoms with Gasteiger partial charge in [0.15, 0.2) is 0 Å². The van der Waals surface area contributed by atoms with Crippen molar-refractivity contribution in [1.82, 2.24) is 5.32 Å². The number of halogens is 2. The average Bonchev–Trinajstić information content (AvgIpc) is 2.42. The van der Waals surface area contributed by atoms with Crippen molar-refractivity contribution in [3.05, 3.63) is 35.4 Å². The van der Waals surface area contributed by atoms with Gasteiger partial charge in [-0.05, 0) is 18.9 Å². The topological polar surface area (TPSA) is 21.3 Å². The van der Waals surface area contributed by atoms with E-state index in [0.717, 1.165) is 18.6 Å². The minimum absolute atomic E-state index is 0.0779. The van der Waals surface area contributed by atoms with Gasteiger partial charge in [0.2, 0.25) is 0 Å². The second-order valence-electron chi connectivity index (χ2n) is 5.98. The van der Waals surface area contributed by atoms with Crippen molar-refractivity contribution in [3.63, 3.8) is 0 Å². The van der Waals surface area contributed by atoms with Crippen LogP contribution in [-0.4, -0.2) is 18.8 Å². The summed E-state index contributed by atoms with van der Waals surface area (Å²) in [6, 6.07) is 6.93. The van der Waals surface area contributed by atoms with Crippen LogP contribution in [0.25, 0.3) is 0 Å². The number of ether oxygens (including phenoxy) is 1. The molecule has 112 valence electrons. The molecule has 20 heavy (non-hydrogen) atoms. The van der Waals surface area contributed by atoms with E-state index in [9.17, 15) is 8.78 Å². The van der Waals surface area contributed by atoms with Crippen LogP contribution in [0, 0.1) is 5.41 Å². The Morgan fingerprint density at radius 2 is 1.95 bits per heavy atom. The molecule has 4 heteroatoms. The Morgan fingerprint density at radius 3 is 2.45 bits per heavy atom. The smallest absolute Gasteiger partial charge is 0.263 e. The maximum atomic E-state index is 12.5. The normalized spacial score (nSPS) is 24.7. The van der Waals surface area contributed by atoms with Gasteiger partial charge in [0.25, 0.3) is 6.43 Å². The second-order valence-corrected chi connectivity index (χ2v) is 5.98. The first-order valence-electron chi connectivity index (χ1n) is 7.17. The largest absolute Gasteiger partial charge is 0.378 e. The van der Waals surface area contributed by atoms with E-state index in [-0.39, 0.29) is 11.0 Å². The van der Waals surface area contributed by atoms with Gasteiger partial charge in [0.1, 0.15) is 0 Å². The maximum Gasteiger partial charge on any atom is 0.263 e. The predicted octanol–water partition coefficient (Wildman–Crippen LogP) is 3.92. The molecule has 2 atom stereocenters. The van der Waals surface area contributed by atoms with Gasteiger partial charge < -0.3 is 10.1 Å². The molecule has 0 amide bonds. The van der Waals surface area contributed by atoms with E-state index < -0.39 is 6.43 Å². The molecule has 0 spiro atoms. The van der Waals surface area contributed by atoms with Gasteiger partial charge in [0.05, 0.1) is 6.10 Å². The van der Waals surface area contributed by atoms with Gasteiger partial charge in [0, 0.05) is 30.2 Å². The SMILES string of the molecule is CCOC1CC(NCc2ccc(C(F)F)cc2)C1(C)C. The molecule has 1 aromatic rings. The first-order chi connectivity index (χ1) is 9.45. The number of hydrogen-bond donors (Lipinski definition) is 1. The summed E-state index contributed by atoms with van der Waals surface area (Å²) in [5.74, 6) is 0. The minimum atomic E-state index is -2.39. The summed E-state index contributed by atoms with van der Waals surface area (Å²) in [6.45, 7) is 7.87. The first kappa shape index (κ1) is 15.4. The van der Waals surface area contributed by atoms with Crippen molar-refractivity contribution in [2.75, 3.05) is 6.61 Å². The molecular weight excluding hydrogens is 260 g/mol. The molecule has 1 fully saturated rings. The molecule has 1 N–H and O–H groups in total. The zero-order chi connectivity index (χ0) is 14.8. The van der Waals surface area contributed by atoms with E-state index in [2.05, 4.69) is 19.2 Å². The van der Waals surface area contributed by atoms with E-state index >= 15 is 0 Å². The average molecular weight is 283 g/mol. The van der Waals surface area contributed by atoms with Crippen LogP contribution >= 0.6 is 0 Å². The minimum Gasteiger partial charge on any atom is -0.378 e. The molecule has 0 radical (unpaired) electrons. The van der Waals surface area contributed by atoms with E-state index in [1.807, 2.05) is 6.92 Å². The first-order valence-corrected chi connectivity index (χ1v) is 7.17. The monoisotopic (exact) mass is 283 g/mol. The number of hydrogen-bond acceptors (Lipinski definition) is 2. The maximum absolute atomic E-state index is 12.5. The molecule has 2 nitrogen and oxygen atoms in total. The Labute approximate surface area is 119 Å². The highest BCUT2D eigenvalue weighted by atomic mass is 19.3. The Kier molecular flexibility index (Phi) is 4.76. The highest BCUT2D eigenvalue weighted by Gasteiger charge is 2.48. The third-order valence-corrected chi connectivity index (χ3v) is 4.33. The number of rotatable bonds is 6. The van der Waals surface area contributed by atoms with E-state index in [4.69, 9.17) is 4.74 Å². The van der Waals surface area contributed by atoms with Crippen LogP contribution in [-0.2, 0) is 11.3 Å². The summed E-state index contributed by atoms with van der Waals surface area (Å²) in [7, 11) is 0. The molecule has 1 saturated carbocycles. The zero-order valence-corrected chi connectivity index (χ0v) is 12.3. The highest BCUT2D eigenvalue weighted by Crippen LogP contribution is 2.42. The second kappa shape index (κ2) is 6.19. The molecule has 0 aromatic heterocycles. The van der Waals surface area contributed by atoms with E-state index in [0.29, 0.717) is 18.7 Å². The molecule has 1 aliphatic carbocycles. The van der Waals surface area contributed by atoms with Crippen LogP contribution in [0.4, 0.5) is 8.78 Å². The van der Waals surface area contributed by atoms with E-state index in [1.165, 1.54) is 12.1 Å². The van der Waals surface area contributed by atoms with Gasteiger partial charge in [-0.15, -0.1) is 0 Å². The van der Waals surface area contributed by atoms with Crippen LogP contribution < -0.4 is 5.32 Å². The third kappa shape index (κ3) is 3.18. The Morgan fingerprint density at radius 1 is 1.30 bits per heavy atom. The zero-order valence-electron chi connectivity index (χ0n) is 12.3. The lowest BCUT2D eigenvalue weighted by Crippen LogP contribution is -2.60. The summed E-state index contributed by atoms with van der Waals surface area (Å²) in [4.78, 5) is 0. The molecule has 0 bridgehead atoms. The molecular formula is C16H23F2NO. The van der Waals surface area contributed by atoms with Crippen LogP contribution in [0.3, 0.4) is 0 Å². The van der Waals surface area contributed by atoms with Crippen LogP contribution in [0.1, 0.15) is 44.7 Å². The number of nitrogens with one attached hydrogen (secondary N) is 1. The number of benzene rings is 1. The van der Waals surface area contributed by atoms with Crippen molar-refractivity contribution < 1.29 is 13.5 Å². The molecule has 0 heterocycles. The van der Waals surface area contributed by atoms with Gasteiger partial charge in [-0.1, -0.05) is 38.1 Å². The summed E-state index contributed by atoms with van der Waals surface area (Å²) in [6.07, 6.45) is -1.07. The highest BCUT2D eigenvalue weighted by molar-refractivity contribution is 5.23. The lowest BCUT2D eigenvalue weighted by Gasteiger charge is -2.52. The van der Waals surface area contributed by atoms with Crippen LogP contribution in [0.2, 0.25) is 0 Å². The Hall–Kier alpha value is -1.00. The van der Waals surface area contributed by atoms with Crippen LogP contribution in [0.5, 0.6) is 0 Å². The van der Waals surface area contributed by atoms with Gasteiger partial charge >= 0.3 is 0 Å². The quantitative estimate of drug-likeness (QED) is 0.854. The van der Waals surface area contributed by atoms with Crippen molar-refractivity contribution in [3.8, 4) is 0 Å². The molecule has 0 aliphatic heterocycles. The Bertz CT molecular complexity index is 431. The summed E-state index contributed by atoms with van der Waals surface area (Å²) < 4.78 is 30.6. The van der Waals surface area contributed by atoms with Gasteiger partial charge in [-0.2, -0.15) is 0 Å². The van der Waals surface area contributed by atoms with Gasteiger partial charge in [-0.3, -0.25) is 0 Å². The molecule has 1 aromatic carbocycles. The standard InChI is InChI=1S/C16H23F2NO/c1-4-20-14-9-13(16(14,2)3)19-10-11-5-7-12(8-6-11)15(17)18/h5-8,13-15,19H,4,9-10H2,1-3H3. The Balaban J connectivity index is 1.84. The predicted molar refractivity (Wildman–Crippen MR) is 75.8 cm³/mol. The number of alkyl halides is 2. The third-order valence-electron chi connectivity index (χ3n) is 4.33. The molecule has 2 rings (SSSR count). The lowest BCUT2D eigenvalue weighted by atomic mass is 9.64.